The number of unbranched alkanes of at least 4 members (excludes halogenated alkanes) is 1. The standard InChI is InChI=1S/C22H23ClN4O4S/c1-3-4-11-27-21(30)15-7-5-6-8-17(15)24-22(27)32-13-19(28)25-26-20(29)16-12-14(23)9-10-18(16)31-2/h5-10,12H,3-4,11,13H2,1-2H3,(H,25,28)(H,26,29). The van der Waals surface area contributed by atoms with Crippen molar-refractivity contribution in [3.63, 3.8) is 0 Å². The highest BCUT2D eigenvalue weighted by molar-refractivity contribution is 7.99. The van der Waals surface area contributed by atoms with Gasteiger partial charge in [0.05, 0.1) is 29.3 Å². The number of halogens is 1. The van der Waals surface area contributed by atoms with Crippen LogP contribution in [0.2, 0.25) is 5.02 Å². The molecule has 0 atom stereocenters. The topological polar surface area (TPSA) is 102 Å². The molecule has 0 aliphatic carbocycles. The maximum absolute atomic E-state index is 12.9. The molecular weight excluding hydrogens is 452 g/mol. The third-order valence-corrected chi connectivity index (χ3v) is 5.83. The largest absolute Gasteiger partial charge is 0.496 e. The van der Waals surface area contributed by atoms with Crippen LogP contribution in [0.4, 0.5) is 0 Å². The van der Waals surface area contributed by atoms with Crippen molar-refractivity contribution in [2.75, 3.05) is 12.9 Å². The van der Waals surface area contributed by atoms with Gasteiger partial charge in [0.15, 0.2) is 5.16 Å². The number of benzene rings is 2. The van der Waals surface area contributed by atoms with Gasteiger partial charge < -0.3 is 4.74 Å². The normalized spacial score (nSPS) is 10.7. The number of hydrogen-bond acceptors (Lipinski definition) is 6. The van der Waals surface area contributed by atoms with Crippen LogP contribution in [0.3, 0.4) is 0 Å². The molecule has 0 unspecified atom stereocenters. The Balaban J connectivity index is 1.69. The second-order valence-electron chi connectivity index (χ2n) is 6.86. The molecule has 0 aliphatic rings. The van der Waals surface area contributed by atoms with Gasteiger partial charge in [0.25, 0.3) is 11.5 Å². The molecule has 0 fully saturated rings. The van der Waals surface area contributed by atoms with Crippen molar-refractivity contribution in [3.8, 4) is 5.75 Å². The first-order valence-corrected chi connectivity index (χ1v) is 11.4. The number of para-hydroxylation sites is 1. The van der Waals surface area contributed by atoms with Gasteiger partial charge in [-0.1, -0.05) is 48.8 Å². The van der Waals surface area contributed by atoms with Gasteiger partial charge in [0, 0.05) is 11.6 Å². The van der Waals surface area contributed by atoms with Crippen molar-refractivity contribution >= 4 is 46.1 Å². The molecule has 3 rings (SSSR count). The van der Waals surface area contributed by atoms with Crippen LogP contribution in [0.1, 0.15) is 30.1 Å². The van der Waals surface area contributed by atoms with E-state index < -0.39 is 11.8 Å². The lowest BCUT2D eigenvalue weighted by Gasteiger charge is -2.13. The van der Waals surface area contributed by atoms with E-state index in [1.807, 2.05) is 13.0 Å². The van der Waals surface area contributed by atoms with Gasteiger partial charge in [0.2, 0.25) is 5.91 Å². The first-order valence-electron chi connectivity index (χ1n) is 9.99. The number of thioether (sulfide) groups is 1. The fourth-order valence-electron chi connectivity index (χ4n) is 2.99. The van der Waals surface area contributed by atoms with E-state index in [4.69, 9.17) is 16.3 Å². The highest BCUT2D eigenvalue weighted by Gasteiger charge is 2.16. The third-order valence-electron chi connectivity index (χ3n) is 4.62. The minimum absolute atomic E-state index is 0.0378. The minimum Gasteiger partial charge on any atom is -0.496 e. The molecule has 0 bridgehead atoms. The first kappa shape index (κ1) is 23.6. The summed E-state index contributed by atoms with van der Waals surface area (Å²) in [6.45, 7) is 2.56. The molecule has 0 saturated heterocycles. The van der Waals surface area contributed by atoms with E-state index in [0.29, 0.717) is 33.4 Å². The molecule has 0 saturated carbocycles. The van der Waals surface area contributed by atoms with Crippen molar-refractivity contribution in [2.45, 2.75) is 31.5 Å². The molecule has 1 heterocycles. The summed E-state index contributed by atoms with van der Waals surface area (Å²) in [5.74, 6) is -0.722. The number of nitrogens with one attached hydrogen (secondary N) is 2. The molecule has 0 spiro atoms. The van der Waals surface area contributed by atoms with Crippen molar-refractivity contribution in [1.82, 2.24) is 20.4 Å². The van der Waals surface area contributed by atoms with Gasteiger partial charge in [-0.3, -0.25) is 29.8 Å². The molecule has 3 aromatic rings. The average molecular weight is 475 g/mol. The summed E-state index contributed by atoms with van der Waals surface area (Å²) in [5, 5.41) is 1.37. The monoisotopic (exact) mass is 474 g/mol. The van der Waals surface area contributed by atoms with Gasteiger partial charge >= 0.3 is 0 Å². The molecule has 8 nitrogen and oxygen atoms in total. The number of fused-ring (bicyclic) bond motifs is 1. The molecular formula is C22H23ClN4O4S. The molecule has 168 valence electrons. The number of nitrogens with zero attached hydrogens (tertiary/aromatic N) is 2. The Kier molecular flexibility index (Phi) is 8.13. The van der Waals surface area contributed by atoms with Crippen LogP contribution < -0.4 is 21.1 Å². The minimum atomic E-state index is -0.564. The highest BCUT2D eigenvalue weighted by atomic mass is 35.5. The number of methoxy groups -OCH3 is 1. The number of aromatic nitrogens is 2. The van der Waals surface area contributed by atoms with Crippen LogP contribution in [0.5, 0.6) is 5.75 Å². The number of hydrogen-bond donors (Lipinski definition) is 2. The summed E-state index contributed by atoms with van der Waals surface area (Å²) in [7, 11) is 1.43. The van der Waals surface area contributed by atoms with Gasteiger partial charge in [0.1, 0.15) is 5.75 Å². The SMILES string of the molecule is CCCCn1c(SCC(=O)NNC(=O)c2cc(Cl)ccc2OC)nc2ccccc2c1=O. The van der Waals surface area contributed by atoms with Crippen molar-refractivity contribution in [1.29, 1.82) is 0 Å². The number of hydrazine groups is 1. The highest BCUT2D eigenvalue weighted by Crippen LogP contribution is 2.22. The van der Waals surface area contributed by atoms with Crippen LogP contribution in [-0.2, 0) is 11.3 Å². The Morgan fingerprint density at radius 3 is 2.72 bits per heavy atom. The second kappa shape index (κ2) is 11.0. The quantitative estimate of drug-likeness (QED) is 0.294. The summed E-state index contributed by atoms with van der Waals surface area (Å²) in [4.78, 5) is 42.2. The summed E-state index contributed by atoms with van der Waals surface area (Å²) in [6, 6.07) is 11.7. The fourth-order valence-corrected chi connectivity index (χ4v) is 3.99. The van der Waals surface area contributed by atoms with E-state index in [9.17, 15) is 14.4 Å². The molecule has 32 heavy (non-hydrogen) atoms. The van der Waals surface area contributed by atoms with Crippen LogP contribution in [0, 0.1) is 0 Å². The lowest BCUT2D eigenvalue weighted by Crippen LogP contribution is -2.42. The summed E-state index contributed by atoms with van der Waals surface area (Å²) >= 11 is 7.08. The Bertz CT molecular complexity index is 1200. The zero-order chi connectivity index (χ0) is 23.1. The van der Waals surface area contributed by atoms with Gasteiger partial charge in [-0.2, -0.15) is 0 Å². The van der Waals surface area contributed by atoms with E-state index in [1.165, 1.54) is 13.2 Å². The van der Waals surface area contributed by atoms with Gasteiger partial charge in [-0.15, -0.1) is 0 Å². The summed E-state index contributed by atoms with van der Waals surface area (Å²) < 4.78 is 6.74. The Morgan fingerprint density at radius 2 is 1.97 bits per heavy atom. The molecule has 0 radical (unpaired) electrons. The maximum Gasteiger partial charge on any atom is 0.273 e. The predicted octanol–water partition coefficient (Wildman–Crippen LogP) is 3.41. The van der Waals surface area contributed by atoms with Crippen LogP contribution in [0.25, 0.3) is 10.9 Å². The number of carbonyl (C=O) groups excluding carboxylic acids is 2. The average Bonchev–Trinajstić information content (AvgIpc) is 2.80. The van der Waals surface area contributed by atoms with E-state index in [-0.39, 0.29) is 16.9 Å². The van der Waals surface area contributed by atoms with Crippen LogP contribution in [0.15, 0.2) is 52.4 Å². The number of ether oxygens (including phenoxy) is 1. The van der Waals surface area contributed by atoms with Gasteiger partial charge in [-0.05, 0) is 36.8 Å². The first-order chi connectivity index (χ1) is 15.4. The zero-order valence-corrected chi connectivity index (χ0v) is 19.3. The number of amides is 2. The predicted molar refractivity (Wildman–Crippen MR) is 125 cm³/mol. The van der Waals surface area contributed by atoms with Gasteiger partial charge in [-0.25, -0.2) is 4.98 Å². The van der Waals surface area contributed by atoms with E-state index >= 15 is 0 Å². The van der Waals surface area contributed by atoms with Crippen molar-refractivity contribution in [3.05, 3.63) is 63.4 Å². The molecule has 1 aromatic heterocycles. The number of rotatable bonds is 8. The molecule has 2 N–H and O–H groups in total. The zero-order valence-electron chi connectivity index (χ0n) is 17.7. The maximum atomic E-state index is 12.9. The number of carbonyl (C=O) groups is 2. The molecule has 2 aromatic carbocycles. The third kappa shape index (κ3) is 5.60. The summed E-state index contributed by atoms with van der Waals surface area (Å²) in [5.41, 5.74) is 5.35. The van der Waals surface area contributed by atoms with Crippen molar-refractivity contribution < 1.29 is 14.3 Å². The van der Waals surface area contributed by atoms with E-state index in [1.54, 1.807) is 34.9 Å². The fraction of sp³-hybridized carbons (Fsp3) is 0.273. The Morgan fingerprint density at radius 1 is 1.19 bits per heavy atom. The van der Waals surface area contributed by atoms with E-state index in [0.717, 1.165) is 24.6 Å². The smallest absolute Gasteiger partial charge is 0.273 e. The Labute approximate surface area is 194 Å². The van der Waals surface area contributed by atoms with Crippen LogP contribution >= 0.6 is 23.4 Å². The molecule has 2 amide bonds. The lowest BCUT2D eigenvalue weighted by molar-refractivity contribution is -0.119. The van der Waals surface area contributed by atoms with E-state index in [2.05, 4.69) is 15.8 Å². The lowest BCUT2D eigenvalue weighted by atomic mass is 10.2. The summed E-state index contributed by atoms with van der Waals surface area (Å²) in [6.07, 6.45) is 1.74. The Hall–Kier alpha value is -3.04. The van der Waals surface area contributed by atoms with Crippen molar-refractivity contribution in [2.24, 2.45) is 0 Å². The molecule has 0 aliphatic heterocycles. The van der Waals surface area contributed by atoms with Crippen LogP contribution in [-0.4, -0.2) is 34.2 Å². The second-order valence-corrected chi connectivity index (χ2v) is 8.24. The molecule has 10 heteroatoms.